The number of nitrogens with one attached hydrogen (secondary N) is 1. The summed E-state index contributed by atoms with van der Waals surface area (Å²) >= 11 is 0. The van der Waals surface area contributed by atoms with Gasteiger partial charge in [0.15, 0.2) is 0 Å². The Kier molecular flexibility index (Phi) is 6.43. The maximum absolute atomic E-state index is 12.9. The van der Waals surface area contributed by atoms with E-state index in [1.165, 1.54) is 23.5 Å². The number of ether oxygens (including phenoxy) is 1. The number of sulfonamides is 1. The summed E-state index contributed by atoms with van der Waals surface area (Å²) in [5, 5.41) is 3.96. The summed E-state index contributed by atoms with van der Waals surface area (Å²) in [6, 6.07) is 7.82. The Labute approximate surface area is 195 Å². The molecular formula is C24H31N5O3S. The van der Waals surface area contributed by atoms with E-state index >= 15 is 0 Å². The molecule has 176 valence electrons. The number of anilines is 1. The van der Waals surface area contributed by atoms with Crippen LogP contribution in [0, 0.1) is 25.7 Å². The summed E-state index contributed by atoms with van der Waals surface area (Å²) in [5.41, 5.74) is 3.65. The Morgan fingerprint density at radius 2 is 1.85 bits per heavy atom. The molecule has 3 unspecified atom stereocenters. The zero-order valence-corrected chi connectivity index (χ0v) is 20.6. The quantitative estimate of drug-likeness (QED) is 0.571. The van der Waals surface area contributed by atoms with Gasteiger partial charge < -0.3 is 4.74 Å². The minimum absolute atomic E-state index is 0.0227. The lowest BCUT2D eigenvalue weighted by Crippen LogP contribution is -2.32. The molecule has 0 bridgehead atoms. The second-order valence-corrected chi connectivity index (χ2v) is 10.9. The van der Waals surface area contributed by atoms with Gasteiger partial charge in [-0.05, 0) is 49.7 Å². The van der Waals surface area contributed by atoms with Crippen LogP contribution in [-0.2, 0) is 17.1 Å². The van der Waals surface area contributed by atoms with E-state index in [1.54, 1.807) is 7.05 Å². The Bertz CT molecular complexity index is 1230. The van der Waals surface area contributed by atoms with Crippen LogP contribution < -0.4 is 9.46 Å². The summed E-state index contributed by atoms with van der Waals surface area (Å²) in [4.78, 5) is 9.04. The van der Waals surface area contributed by atoms with Crippen LogP contribution in [0.3, 0.4) is 0 Å². The largest absolute Gasteiger partial charge is 0.474 e. The molecule has 3 aromatic rings. The number of hydrogen-bond donors (Lipinski definition) is 1. The molecule has 9 heteroatoms. The van der Waals surface area contributed by atoms with Crippen molar-refractivity contribution < 1.29 is 13.2 Å². The fraction of sp³-hybridized carbons (Fsp3) is 0.458. The highest BCUT2D eigenvalue weighted by Gasteiger charge is 2.28. The SMILES string of the molecule is Cc1cccc(C)c1-c1cc(OC2CC(C)CCC2C)nc(NS(=O)(=O)c2cnn(C)c2)n1. The molecule has 0 spiro atoms. The van der Waals surface area contributed by atoms with E-state index in [9.17, 15) is 8.42 Å². The van der Waals surface area contributed by atoms with E-state index < -0.39 is 10.0 Å². The average Bonchev–Trinajstić information content (AvgIpc) is 3.18. The molecule has 4 rings (SSSR count). The van der Waals surface area contributed by atoms with Crippen molar-refractivity contribution in [3.63, 3.8) is 0 Å². The van der Waals surface area contributed by atoms with Gasteiger partial charge in [0, 0.05) is 24.9 Å². The molecule has 3 atom stereocenters. The maximum atomic E-state index is 12.9. The fourth-order valence-corrected chi connectivity index (χ4v) is 5.32. The van der Waals surface area contributed by atoms with Crippen LogP contribution in [0.1, 0.15) is 44.2 Å². The molecule has 0 aliphatic heterocycles. The van der Waals surface area contributed by atoms with Gasteiger partial charge in [0.05, 0.1) is 11.9 Å². The topological polar surface area (TPSA) is 99.0 Å². The van der Waals surface area contributed by atoms with E-state index in [2.05, 4.69) is 33.6 Å². The summed E-state index contributed by atoms with van der Waals surface area (Å²) in [5.74, 6) is 1.33. The first-order chi connectivity index (χ1) is 15.6. The molecule has 2 aromatic heterocycles. The zero-order valence-electron chi connectivity index (χ0n) is 19.7. The number of rotatable bonds is 6. The number of benzene rings is 1. The third-order valence-electron chi connectivity index (χ3n) is 6.31. The molecule has 1 aromatic carbocycles. The van der Waals surface area contributed by atoms with Crippen molar-refractivity contribution >= 4 is 16.0 Å². The van der Waals surface area contributed by atoms with Crippen LogP contribution in [0.4, 0.5) is 5.95 Å². The number of aryl methyl sites for hydroxylation is 3. The van der Waals surface area contributed by atoms with Crippen LogP contribution in [0.5, 0.6) is 5.88 Å². The molecular weight excluding hydrogens is 438 g/mol. The molecule has 33 heavy (non-hydrogen) atoms. The predicted octanol–water partition coefficient (Wildman–Crippen LogP) is 4.50. The molecule has 1 aliphatic carbocycles. The monoisotopic (exact) mass is 469 g/mol. The number of aromatic nitrogens is 4. The van der Waals surface area contributed by atoms with E-state index in [-0.39, 0.29) is 16.9 Å². The van der Waals surface area contributed by atoms with Crippen LogP contribution in [0.2, 0.25) is 0 Å². The minimum atomic E-state index is -3.89. The highest BCUT2D eigenvalue weighted by atomic mass is 32.2. The summed E-state index contributed by atoms with van der Waals surface area (Å²) in [6.45, 7) is 8.44. The minimum Gasteiger partial charge on any atom is -0.474 e. The second kappa shape index (κ2) is 9.13. The smallest absolute Gasteiger partial charge is 0.267 e. The van der Waals surface area contributed by atoms with Crippen molar-refractivity contribution in [1.82, 2.24) is 19.7 Å². The third-order valence-corrected chi connectivity index (χ3v) is 7.60. The standard InChI is InChI=1S/C24H31N5O3S/c1-15-9-10-16(2)21(11-15)32-22-12-20(23-17(3)7-6-8-18(23)4)26-24(27-22)28-33(30,31)19-13-25-29(5)14-19/h6-8,12-16,21H,9-11H2,1-5H3,(H,26,27,28). The van der Waals surface area contributed by atoms with E-state index in [1.807, 2.05) is 38.1 Å². The van der Waals surface area contributed by atoms with Crippen LogP contribution in [-0.4, -0.2) is 34.3 Å². The predicted molar refractivity (Wildman–Crippen MR) is 128 cm³/mol. The molecule has 1 fully saturated rings. The van der Waals surface area contributed by atoms with Crippen molar-refractivity contribution in [2.75, 3.05) is 4.72 Å². The summed E-state index contributed by atoms with van der Waals surface area (Å²) in [6.07, 6.45) is 5.98. The van der Waals surface area contributed by atoms with Gasteiger partial charge in [-0.2, -0.15) is 10.1 Å². The second-order valence-electron chi connectivity index (χ2n) is 9.19. The Balaban J connectivity index is 1.75. The van der Waals surface area contributed by atoms with Gasteiger partial charge in [-0.15, -0.1) is 0 Å². The highest BCUT2D eigenvalue weighted by molar-refractivity contribution is 7.92. The van der Waals surface area contributed by atoms with Gasteiger partial charge in [0.2, 0.25) is 11.8 Å². The van der Waals surface area contributed by atoms with E-state index in [0.717, 1.165) is 29.5 Å². The Morgan fingerprint density at radius 1 is 1.12 bits per heavy atom. The summed E-state index contributed by atoms with van der Waals surface area (Å²) < 4.78 is 36.1. The van der Waals surface area contributed by atoms with Gasteiger partial charge in [-0.3, -0.25) is 4.68 Å². The molecule has 0 saturated heterocycles. The van der Waals surface area contributed by atoms with Crippen LogP contribution in [0.15, 0.2) is 41.6 Å². The molecule has 0 radical (unpaired) electrons. The number of nitrogens with zero attached hydrogens (tertiary/aromatic N) is 4. The maximum Gasteiger partial charge on any atom is 0.267 e. The molecule has 1 N–H and O–H groups in total. The van der Waals surface area contributed by atoms with Gasteiger partial charge >= 0.3 is 0 Å². The van der Waals surface area contributed by atoms with E-state index in [0.29, 0.717) is 23.4 Å². The number of hydrogen-bond acceptors (Lipinski definition) is 6. The molecule has 2 heterocycles. The first kappa shape index (κ1) is 23.2. The molecule has 1 saturated carbocycles. The fourth-order valence-electron chi connectivity index (χ4n) is 4.39. The normalized spacial score (nSPS) is 21.1. The van der Waals surface area contributed by atoms with Gasteiger partial charge in [-0.1, -0.05) is 38.5 Å². The lowest BCUT2D eigenvalue weighted by molar-refractivity contribution is 0.0751. The van der Waals surface area contributed by atoms with E-state index in [4.69, 9.17) is 4.74 Å². The van der Waals surface area contributed by atoms with Gasteiger partial charge in [0.1, 0.15) is 11.0 Å². The molecule has 8 nitrogen and oxygen atoms in total. The first-order valence-corrected chi connectivity index (χ1v) is 12.7. The van der Waals surface area contributed by atoms with Crippen molar-refractivity contribution in [3.8, 4) is 17.1 Å². The first-order valence-electron chi connectivity index (χ1n) is 11.3. The molecule has 1 aliphatic rings. The van der Waals surface area contributed by atoms with Crippen molar-refractivity contribution in [2.45, 2.75) is 58.0 Å². The summed E-state index contributed by atoms with van der Waals surface area (Å²) in [7, 11) is -2.23. The highest BCUT2D eigenvalue weighted by Crippen LogP contribution is 2.34. The van der Waals surface area contributed by atoms with Crippen LogP contribution in [0.25, 0.3) is 11.3 Å². The average molecular weight is 470 g/mol. The third kappa shape index (κ3) is 5.19. The van der Waals surface area contributed by atoms with Crippen molar-refractivity contribution in [3.05, 3.63) is 47.8 Å². The molecule has 0 amide bonds. The Hall–Kier alpha value is -2.94. The van der Waals surface area contributed by atoms with Crippen molar-refractivity contribution in [1.29, 1.82) is 0 Å². The lowest BCUT2D eigenvalue weighted by Gasteiger charge is -2.32. The van der Waals surface area contributed by atoms with Gasteiger partial charge in [-0.25, -0.2) is 18.1 Å². The lowest BCUT2D eigenvalue weighted by atomic mass is 9.82. The zero-order chi connectivity index (χ0) is 23.8. The Morgan fingerprint density at radius 3 is 2.52 bits per heavy atom. The van der Waals surface area contributed by atoms with Gasteiger partial charge in [0.25, 0.3) is 10.0 Å². The van der Waals surface area contributed by atoms with Crippen LogP contribution >= 0.6 is 0 Å². The van der Waals surface area contributed by atoms with Crippen molar-refractivity contribution in [2.24, 2.45) is 18.9 Å².